The predicted octanol–water partition coefficient (Wildman–Crippen LogP) is 5.36. The SMILES string of the molecule is CCO[C@@H](Cc1ccc(OCc2nc(-c3ccc(F)c(C)c3)oc2C)cc1Cl)C(=O)O. The van der Waals surface area contributed by atoms with E-state index in [0.29, 0.717) is 51.4 Å². The van der Waals surface area contributed by atoms with Gasteiger partial charge in [0.25, 0.3) is 0 Å². The molecule has 0 spiro atoms. The van der Waals surface area contributed by atoms with Crippen molar-refractivity contribution in [1.29, 1.82) is 0 Å². The molecule has 1 atom stereocenters. The minimum atomic E-state index is -1.04. The van der Waals surface area contributed by atoms with Crippen LogP contribution in [-0.4, -0.2) is 28.8 Å². The Hall–Kier alpha value is -2.90. The van der Waals surface area contributed by atoms with E-state index in [1.807, 2.05) is 0 Å². The van der Waals surface area contributed by atoms with Crippen LogP contribution in [0.25, 0.3) is 11.5 Å². The summed E-state index contributed by atoms with van der Waals surface area (Å²) >= 11 is 6.31. The molecule has 164 valence electrons. The molecular weight excluding hydrogens is 425 g/mol. The van der Waals surface area contributed by atoms with Crippen molar-refractivity contribution in [3.05, 3.63) is 69.8 Å². The number of carboxylic acids is 1. The van der Waals surface area contributed by atoms with Crippen molar-refractivity contribution in [3.8, 4) is 17.2 Å². The first kappa shape index (κ1) is 22.8. The average molecular weight is 448 g/mol. The van der Waals surface area contributed by atoms with Gasteiger partial charge in [-0.15, -0.1) is 0 Å². The molecule has 0 radical (unpaired) electrons. The third-order valence-electron chi connectivity index (χ3n) is 4.75. The fourth-order valence-corrected chi connectivity index (χ4v) is 3.26. The highest BCUT2D eigenvalue weighted by molar-refractivity contribution is 6.31. The maximum Gasteiger partial charge on any atom is 0.333 e. The van der Waals surface area contributed by atoms with Gasteiger partial charge in [-0.3, -0.25) is 0 Å². The van der Waals surface area contributed by atoms with Crippen molar-refractivity contribution in [3.63, 3.8) is 0 Å². The van der Waals surface area contributed by atoms with Gasteiger partial charge in [0, 0.05) is 23.6 Å². The monoisotopic (exact) mass is 447 g/mol. The Morgan fingerprint density at radius 2 is 2.03 bits per heavy atom. The van der Waals surface area contributed by atoms with Crippen LogP contribution in [0.1, 0.15) is 29.5 Å². The first-order chi connectivity index (χ1) is 14.8. The van der Waals surface area contributed by atoms with E-state index in [4.69, 9.17) is 25.5 Å². The van der Waals surface area contributed by atoms with Crippen LogP contribution >= 0.6 is 11.6 Å². The van der Waals surface area contributed by atoms with Crippen LogP contribution in [0.15, 0.2) is 40.8 Å². The van der Waals surface area contributed by atoms with E-state index in [1.165, 1.54) is 6.07 Å². The predicted molar refractivity (Wildman–Crippen MR) is 114 cm³/mol. The van der Waals surface area contributed by atoms with Gasteiger partial charge in [0.05, 0.1) is 0 Å². The van der Waals surface area contributed by atoms with Gasteiger partial charge in [-0.1, -0.05) is 17.7 Å². The summed E-state index contributed by atoms with van der Waals surface area (Å²) < 4.78 is 30.2. The molecule has 6 nitrogen and oxygen atoms in total. The number of aromatic nitrogens is 1. The summed E-state index contributed by atoms with van der Waals surface area (Å²) in [5.41, 5.74) is 2.46. The summed E-state index contributed by atoms with van der Waals surface area (Å²) in [6, 6.07) is 9.73. The number of ether oxygens (including phenoxy) is 2. The van der Waals surface area contributed by atoms with Gasteiger partial charge in [0.15, 0.2) is 6.10 Å². The van der Waals surface area contributed by atoms with Crippen LogP contribution in [-0.2, 0) is 22.6 Å². The number of hydrogen-bond donors (Lipinski definition) is 1. The Bertz CT molecular complexity index is 1080. The number of benzene rings is 2. The van der Waals surface area contributed by atoms with Crippen LogP contribution in [0.2, 0.25) is 5.02 Å². The van der Waals surface area contributed by atoms with E-state index in [9.17, 15) is 14.3 Å². The van der Waals surface area contributed by atoms with Gasteiger partial charge in [-0.05, 0) is 62.2 Å². The fourth-order valence-electron chi connectivity index (χ4n) is 3.02. The summed E-state index contributed by atoms with van der Waals surface area (Å²) in [4.78, 5) is 15.7. The first-order valence-electron chi connectivity index (χ1n) is 9.77. The average Bonchev–Trinajstić information content (AvgIpc) is 3.10. The molecule has 1 aromatic heterocycles. The molecule has 0 unspecified atom stereocenters. The topological polar surface area (TPSA) is 81.8 Å². The van der Waals surface area contributed by atoms with Crippen molar-refractivity contribution in [2.75, 3.05) is 6.61 Å². The second-order valence-electron chi connectivity index (χ2n) is 7.01. The van der Waals surface area contributed by atoms with Gasteiger partial charge in [-0.2, -0.15) is 0 Å². The molecule has 3 aromatic rings. The van der Waals surface area contributed by atoms with Gasteiger partial charge >= 0.3 is 5.97 Å². The molecule has 0 amide bonds. The smallest absolute Gasteiger partial charge is 0.333 e. The highest BCUT2D eigenvalue weighted by atomic mass is 35.5. The molecule has 31 heavy (non-hydrogen) atoms. The maximum absolute atomic E-state index is 13.5. The van der Waals surface area contributed by atoms with Crippen molar-refractivity contribution in [2.24, 2.45) is 0 Å². The summed E-state index contributed by atoms with van der Waals surface area (Å²) in [5.74, 6) is 0.182. The standard InChI is InChI=1S/C23H23ClFNO5/c1-4-29-21(23(27)28)10-15-5-7-17(11-18(15)24)30-12-20-14(3)31-22(26-20)16-6-8-19(25)13(2)9-16/h5-9,11,21H,4,10,12H2,1-3H3,(H,27,28)/t21-/m0/s1. The van der Waals surface area contributed by atoms with Gasteiger partial charge in [0.2, 0.25) is 5.89 Å². The molecule has 0 fully saturated rings. The van der Waals surface area contributed by atoms with E-state index in [2.05, 4.69) is 4.98 Å². The van der Waals surface area contributed by atoms with Gasteiger partial charge in [0.1, 0.15) is 29.6 Å². The molecule has 0 aliphatic carbocycles. The quantitative estimate of drug-likeness (QED) is 0.475. The zero-order valence-electron chi connectivity index (χ0n) is 17.4. The Balaban J connectivity index is 1.69. The minimum absolute atomic E-state index is 0.155. The van der Waals surface area contributed by atoms with E-state index in [-0.39, 0.29) is 18.8 Å². The molecular formula is C23H23ClFNO5. The number of aryl methyl sites for hydroxylation is 2. The largest absolute Gasteiger partial charge is 0.487 e. The number of halogens is 2. The number of carbonyl (C=O) groups is 1. The van der Waals surface area contributed by atoms with Gasteiger partial charge in [-0.25, -0.2) is 14.2 Å². The Morgan fingerprint density at radius 1 is 1.26 bits per heavy atom. The fraction of sp³-hybridized carbons (Fsp3) is 0.304. The second kappa shape index (κ2) is 9.94. The van der Waals surface area contributed by atoms with E-state index < -0.39 is 12.1 Å². The molecule has 8 heteroatoms. The number of hydrogen-bond acceptors (Lipinski definition) is 5. The van der Waals surface area contributed by atoms with Crippen molar-refractivity contribution < 1.29 is 28.2 Å². The molecule has 0 aliphatic rings. The third kappa shape index (κ3) is 5.62. The second-order valence-corrected chi connectivity index (χ2v) is 7.42. The van der Waals surface area contributed by atoms with Crippen LogP contribution in [0.5, 0.6) is 5.75 Å². The molecule has 2 aromatic carbocycles. The zero-order chi connectivity index (χ0) is 22.5. The summed E-state index contributed by atoms with van der Waals surface area (Å²) in [5, 5.41) is 9.62. The highest BCUT2D eigenvalue weighted by Crippen LogP contribution is 2.27. The Kier molecular flexibility index (Phi) is 7.30. The minimum Gasteiger partial charge on any atom is -0.487 e. The Labute approximate surface area is 184 Å². The van der Waals surface area contributed by atoms with Gasteiger partial charge < -0.3 is 19.0 Å². The lowest BCUT2D eigenvalue weighted by Crippen LogP contribution is -2.26. The van der Waals surface area contributed by atoms with Crippen molar-refractivity contribution >= 4 is 17.6 Å². The lowest BCUT2D eigenvalue weighted by molar-refractivity contribution is -0.149. The van der Waals surface area contributed by atoms with Crippen molar-refractivity contribution in [1.82, 2.24) is 4.98 Å². The van der Waals surface area contributed by atoms with Crippen LogP contribution in [0.4, 0.5) is 4.39 Å². The summed E-state index contributed by atoms with van der Waals surface area (Å²) in [7, 11) is 0. The van der Waals surface area contributed by atoms with Crippen LogP contribution in [0, 0.1) is 19.7 Å². The zero-order valence-corrected chi connectivity index (χ0v) is 18.2. The molecule has 1 heterocycles. The molecule has 0 aliphatic heterocycles. The summed E-state index contributed by atoms with van der Waals surface area (Å²) in [6.07, 6.45) is -0.800. The molecule has 3 rings (SSSR count). The molecule has 0 bridgehead atoms. The van der Waals surface area contributed by atoms with Crippen LogP contribution < -0.4 is 4.74 Å². The van der Waals surface area contributed by atoms with Crippen molar-refractivity contribution in [2.45, 2.75) is 39.9 Å². The van der Waals surface area contributed by atoms with E-state index in [0.717, 1.165) is 0 Å². The first-order valence-corrected chi connectivity index (χ1v) is 10.1. The maximum atomic E-state index is 13.5. The third-order valence-corrected chi connectivity index (χ3v) is 5.10. The van der Waals surface area contributed by atoms with Crippen LogP contribution in [0.3, 0.4) is 0 Å². The normalized spacial score (nSPS) is 12.0. The van der Waals surface area contributed by atoms with E-state index >= 15 is 0 Å². The molecule has 1 N–H and O–H groups in total. The number of oxazole rings is 1. The molecule has 0 saturated heterocycles. The number of carboxylic acid groups (broad SMARTS) is 1. The lowest BCUT2D eigenvalue weighted by Gasteiger charge is -2.14. The Morgan fingerprint density at radius 3 is 2.68 bits per heavy atom. The highest BCUT2D eigenvalue weighted by Gasteiger charge is 2.20. The molecule has 0 saturated carbocycles. The number of aliphatic carboxylic acids is 1. The van der Waals surface area contributed by atoms with E-state index in [1.54, 1.807) is 51.1 Å². The lowest BCUT2D eigenvalue weighted by atomic mass is 10.1. The number of rotatable bonds is 9. The summed E-state index contributed by atoms with van der Waals surface area (Å²) in [6.45, 7) is 5.65. The number of nitrogens with zero attached hydrogens (tertiary/aromatic N) is 1.